The van der Waals surface area contributed by atoms with Gasteiger partial charge in [0.25, 0.3) is 0 Å². The predicted molar refractivity (Wildman–Crippen MR) is 84.7 cm³/mol. The summed E-state index contributed by atoms with van der Waals surface area (Å²) in [5, 5.41) is 0. The van der Waals surface area contributed by atoms with Gasteiger partial charge in [-0.3, -0.25) is 9.59 Å². The summed E-state index contributed by atoms with van der Waals surface area (Å²) >= 11 is 0. The van der Waals surface area contributed by atoms with Crippen molar-refractivity contribution in [1.82, 2.24) is 0 Å². The average molecular weight is 294 g/mol. The van der Waals surface area contributed by atoms with E-state index in [1.807, 2.05) is 32.9 Å². The van der Waals surface area contributed by atoms with Crippen LogP contribution in [0.15, 0.2) is 40.5 Å². The maximum absolute atomic E-state index is 12.7. The molecule has 0 saturated heterocycles. The SMILES string of the molecule is Cc1cc(C)c(C2C(=O)C/C(=C\c3ccco3)C2=O)c(C)c1. The molecule has 0 N–H and O–H groups in total. The zero-order chi connectivity index (χ0) is 15.9. The first-order valence-electron chi connectivity index (χ1n) is 7.36. The number of ketones is 2. The highest BCUT2D eigenvalue weighted by molar-refractivity contribution is 6.24. The van der Waals surface area contributed by atoms with Gasteiger partial charge in [-0.2, -0.15) is 0 Å². The highest BCUT2D eigenvalue weighted by atomic mass is 16.3. The highest BCUT2D eigenvalue weighted by Gasteiger charge is 2.39. The molecule has 1 saturated carbocycles. The molecule has 2 aromatic rings. The summed E-state index contributed by atoms with van der Waals surface area (Å²) in [5.74, 6) is -0.190. The van der Waals surface area contributed by atoms with E-state index in [9.17, 15) is 9.59 Å². The summed E-state index contributed by atoms with van der Waals surface area (Å²) in [6.45, 7) is 5.94. The Labute approximate surface area is 129 Å². The Kier molecular flexibility index (Phi) is 3.57. The fourth-order valence-electron chi connectivity index (χ4n) is 3.31. The standard InChI is InChI=1S/C19H18O3/c1-11-7-12(2)17(13(3)8-11)18-16(20)10-14(19(18)21)9-15-5-4-6-22-15/h4-9,18H,10H2,1-3H3/b14-9+. The van der Waals surface area contributed by atoms with Crippen molar-refractivity contribution >= 4 is 17.6 Å². The number of hydrogen-bond donors (Lipinski definition) is 0. The number of allylic oxidation sites excluding steroid dienone is 1. The fraction of sp³-hybridized carbons (Fsp3) is 0.263. The molecular formula is C19H18O3. The molecular weight excluding hydrogens is 276 g/mol. The molecule has 22 heavy (non-hydrogen) atoms. The topological polar surface area (TPSA) is 47.3 Å². The highest BCUT2D eigenvalue weighted by Crippen LogP contribution is 2.36. The minimum atomic E-state index is -0.665. The lowest BCUT2D eigenvalue weighted by atomic mass is 9.87. The molecule has 1 aliphatic rings. The van der Waals surface area contributed by atoms with E-state index in [-0.39, 0.29) is 18.0 Å². The number of aryl methyl sites for hydroxylation is 3. The van der Waals surface area contributed by atoms with Crippen LogP contribution in [-0.2, 0) is 9.59 Å². The number of furan rings is 1. The maximum Gasteiger partial charge on any atom is 0.174 e. The lowest BCUT2D eigenvalue weighted by Gasteiger charge is -2.15. The van der Waals surface area contributed by atoms with Gasteiger partial charge in [0, 0.05) is 12.0 Å². The molecule has 0 radical (unpaired) electrons. The summed E-state index contributed by atoms with van der Waals surface area (Å²) in [6.07, 6.45) is 3.41. The number of rotatable bonds is 2. The van der Waals surface area contributed by atoms with E-state index in [2.05, 4.69) is 0 Å². The summed E-state index contributed by atoms with van der Waals surface area (Å²) < 4.78 is 5.24. The molecule has 3 heteroatoms. The van der Waals surface area contributed by atoms with Crippen molar-refractivity contribution in [3.8, 4) is 0 Å². The number of hydrogen-bond acceptors (Lipinski definition) is 3. The van der Waals surface area contributed by atoms with Gasteiger partial charge in [-0.1, -0.05) is 17.7 Å². The molecule has 0 amide bonds. The van der Waals surface area contributed by atoms with Crippen molar-refractivity contribution in [1.29, 1.82) is 0 Å². The van der Waals surface area contributed by atoms with Gasteiger partial charge in [-0.25, -0.2) is 0 Å². The average Bonchev–Trinajstić information content (AvgIpc) is 3.02. The third-order valence-corrected chi connectivity index (χ3v) is 4.15. The molecule has 1 atom stereocenters. The second-order valence-electron chi connectivity index (χ2n) is 5.94. The lowest BCUT2D eigenvalue weighted by Crippen LogP contribution is -2.15. The Balaban J connectivity index is 2.03. The van der Waals surface area contributed by atoms with Crippen LogP contribution in [0.4, 0.5) is 0 Å². The number of Topliss-reactive ketones (excluding diaryl/α,β-unsaturated/α-hetero) is 2. The van der Waals surface area contributed by atoms with Crippen molar-refractivity contribution in [3.05, 3.63) is 64.1 Å². The largest absolute Gasteiger partial charge is 0.465 e. The van der Waals surface area contributed by atoms with Crippen LogP contribution in [0, 0.1) is 20.8 Å². The second kappa shape index (κ2) is 5.41. The molecule has 0 aliphatic heterocycles. The molecule has 1 aromatic heterocycles. The van der Waals surface area contributed by atoms with E-state index in [1.165, 1.54) is 0 Å². The van der Waals surface area contributed by atoms with E-state index in [1.54, 1.807) is 24.5 Å². The van der Waals surface area contributed by atoms with Gasteiger partial charge in [0.15, 0.2) is 11.6 Å². The molecule has 112 valence electrons. The first-order chi connectivity index (χ1) is 10.5. The van der Waals surface area contributed by atoms with Crippen LogP contribution in [-0.4, -0.2) is 11.6 Å². The van der Waals surface area contributed by atoms with Gasteiger partial charge in [0.2, 0.25) is 0 Å². The molecule has 1 aliphatic carbocycles. The number of benzene rings is 1. The summed E-state index contributed by atoms with van der Waals surface area (Å²) in [5.41, 5.74) is 4.54. The van der Waals surface area contributed by atoms with Crippen LogP contribution >= 0.6 is 0 Å². The minimum absolute atomic E-state index is 0.0298. The van der Waals surface area contributed by atoms with E-state index >= 15 is 0 Å². The third kappa shape index (κ3) is 2.43. The van der Waals surface area contributed by atoms with Gasteiger partial charge in [-0.05, 0) is 55.7 Å². The molecule has 3 nitrogen and oxygen atoms in total. The second-order valence-corrected chi connectivity index (χ2v) is 5.94. The predicted octanol–water partition coefficient (Wildman–Crippen LogP) is 3.91. The van der Waals surface area contributed by atoms with Gasteiger partial charge >= 0.3 is 0 Å². The van der Waals surface area contributed by atoms with Gasteiger partial charge in [0.1, 0.15) is 11.7 Å². The number of carbonyl (C=O) groups is 2. The molecule has 0 spiro atoms. The van der Waals surface area contributed by atoms with Gasteiger partial charge in [0.05, 0.1) is 6.26 Å². The molecule has 1 fully saturated rings. The van der Waals surface area contributed by atoms with Crippen LogP contribution in [0.3, 0.4) is 0 Å². The third-order valence-electron chi connectivity index (χ3n) is 4.15. The van der Waals surface area contributed by atoms with Crippen LogP contribution < -0.4 is 0 Å². The first-order valence-corrected chi connectivity index (χ1v) is 7.36. The van der Waals surface area contributed by atoms with Crippen molar-refractivity contribution in [2.75, 3.05) is 0 Å². The molecule has 1 unspecified atom stereocenters. The Hall–Kier alpha value is -2.42. The van der Waals surface area contributed by atoms with Crippen LogP contribution in [0.25, 0.3) is 6.08 Å². The maximum atomic E-state index is 12.7. The Bertz CT molecular complexity index is 756. The molecule has 1 heterocycles. The van der Waals surface area contributed by atoms with E-state index < -0.39 is 5.92 Å². The zero-order valence-corrected chi connectivity index (χ0v) is 13.0. The Morgan fingerprint density at radius 1 is 1.14 bits per heavy atom. The fourth-order valence-corrected chi connectivity index (χ4v) is 3.31. The summed E-state index contributed by atoms with van der Waals surface area (Å²) in [4.78, 5) is 25.1. The van der Waals surface area contributed by atoms with Crippen LogP contribution in [0.2, 0.25) is 0 Å². The van der Waals surface area contributed by atoms with Gasteiger partial charge < -0.3 is 4.42 Å². The van der Waals surface area contributed by atoms with Crippen molar-refractivity contribution in [3.63, 3.8) is 0 Å². The molecule has 0 bridgehead atoms. The van der Waals surface area contributed by atoms with Gasteiger partial charge in [-0.15, -0.1) is 0 Å². The van der Waals surface area contributed by atoms with E-state index in [4.69, 9.17) is 4.42 Å². The Morgan fingerprint density at radius 2 is 1.82 bits per heavy atom. The van der Waals surface area contributed by atoms with Crippen LogP contribution in [0.1, 0.15) is 40.4 Å². The summed E-state index contributed by atoms with van der Waals surface area (Å²) in [6, 6.07) is 7.59. The lowest BCUT2D eigenvalue weighted by molar-refractivity contribution is -0.123. The monoisotopic (exact) mass is 294 g/mol. The normalized spacial score (nSPS) is 20.1. The number of carbonyl (C=O) groups excluding carboxylic acids is 2. The first kappa shape index (κ1) is 14.5. The minimum Gasteiger partial charge on any atom is -0.465 e. The summed E-state index contributed by atoms with van der Waals surface area (Å²) in [7, 11) is 0. The molecule has 1 aromatic carbocycles. The smallest absolute Gasteiger partial charge is 0.174 e. The van der Waals surface area contributed by atoms with Crippen molar-refractivity contribution < 1.29 is 14.0 Å². The van der Waals surface area contributed by atoms with E-state index in [0.29, 0.717) is 11.3 Å². The zero-order valence-electron chi connectivity index (χ0n) is 13.0. The van der Waals surface area contributed by atoms with Crippen molar-refractivity contribution in [2.24, 2.45) is 0 Å². The quantitative estimate of drug-likeness (QED) is 0.623. The molecule has 3 rings (SSSR count). The Morgan fingerprint density at radius 3 is 2.41 bits per heavy atom. The van der Waals surface area contributed by atoms with E-state index in [0.717, 1.165) is 22.3 Å². The van der Waals surface area contributed by atoms with Crippen LogP contribution in [0.5, 0.6) is 0 Å². The van der Waals surface area contributed by atoms with Crippen molar-refractivity contribution in [2.45, 2.75) is 33.1 Å².